The standard InChI is InChI=1S/C17H22N4O/c1-2-18-17(21-10-8-14(22)12-21)20-11-13-7-9-19-16-6-4-3-5-15(13)16/h3-7,9,14,22H,2,8,10-12H2,1H3,(H,18,20)/t14-/m1/s1. The summed E-state index contributed by atoms with van der Waals surface area (Å²) in [6.45, 7) is 5.00. The average Bonchev–Trinajstić information content (AvgIpc) is 2.98. The predicted molar refractivity (Wildman–Crippen MR) is 88.8 cm³/mol. The predicted octanol–water partition coefficient (Wildman–Crippen LogP) is 1.77. The fourth-order valence-electron chi connectivity index (χ4n) is 2.81. The van der Waals surface area contributed by atoms with E-state index in [1.165, 1.54) is 5.56 Å². The summed E-state index contributed by atoms with van der Waals surface area (Å²) in [5.74, 6) is 0.875. The van der Waals surface area contributed by atoms with Crippen LogP contribution in [0.25, 0.3) is 10.9 Å². The van der Waals surface area contributed by atoms with Crippen LogP contribution in [0.2, 0.25) is 0 Å². The molecule has 0 radical (unpaired) electrons. The molecule has 1 fully saturated rings. The quantitative estimate of drug-likeness (QED) is 0.670. The van der Waals surface area contributed by atoms with E-state index in [9.17, 15) is 5.11 Å². The van der Waals surface area contributed by atoms with Gasteiger partial charge in [0, 0.05) is 31.2 Å². The van der Waals surface area contributed by atoms with Crippen LogP contribution in [-0.4, -0.2) is 46.7 Å². The first-order valence-electron chi connectivity index (χ1n) is 7.82. The molecular formula is C17H22N4O. The van der Waals surface area contributed by atoms with E-state index in [0.717, 1.165) is 36.4 Å². The van der Waals surface area contributed by atoms with Crippen molar-refractivity contribution in [1.29, 1.82) is 0 Å². The second kappa shape index (κ2) is 6.75. The first kappa shape index (κ1) is 14.8. The highest BCUT2D eigenvalue weighted by Crippen LogP contribution is 2.17. The molecular weight excluding hydrogens is 276 g/mol. The van der Waals surface area contributed by atoms with Gasteiger partial charge in [-0.1, -0.05) is 18.2 Å². The molecule has 0 spiro atoms. The topological polar surface area (TPSA) is 60.8 Å². The molecule has 1 saturated heterocycles. The van der Waals surface area contributed by atoms with Gasteiger partial charge in [0.15, 0.2) is 5.96 Å². The molecule has 0 amide bonds. The van der Waals surface area contributed by atoms with Crippen molar-refractivity contribution in [1.82, 2.24) is 15.2 Å². The summed E-state index contributed by atoms with van der Waals surface area (Å²) in [6, 6.07) is 10.1. The molecule has 1 aliphatic rings. The van der Waals surface area contributed by atoms with Gasteiger partial charge in [0.05, 0.1) is 18.2 Å². The number of rotatable bonds is 3. The number of aromatic nitrogens is 1. The third-order valence-corrected chi connectivity index (χ3v) is 3.94. The minimum atomic E-state index is -0.245. The molecule has 1 aromatic heterocycles. The van der Waals surface area contributed by atoms with Crippen molar-refractivity contribution < 1.29 is 5.11 Å². The number of aliphatic hydroxyl groups is 1. The Morgan fingerprint density at radius 2 is 2.27 bits per heavy atom. The van der Waals surface area contributed by atoms with E-state index in [-0.39, 0.29) is 6.10 Å². The zero-order chi connectivity index (χ0) is 15.4. The number of pyridine rings is 1. The number of nitrogens with zero attached hydrogens (tertiary/aromatic N) is 3. The van der Waals surface area contributed by atoms with E-state index in [0.29, 0.717) is 13.1 Å². The highest BCUT2D eigenvalue weighted by Gasteiger charge is 2.22. The maximum absolute atomic E-state index is 9.71. The van der Waals surface area contributed by atoms with Crippen molar-refractivity contribution >= 4 is 16.9 Å². The SMILES string of the molecule is CCNC(=NCc1ccnc2ccccc12)N1CC[C@@H](O)C1. The van der Waals surface area contributed by atoms with Crippen LogP contribution in [-0.2, 0) is 6.54 Å². The molecule has 2 aromatic rings. The fraction of sp³-hybridized carbons (Fsp3) is 0.412. The Labute approximate surface area is 130 Å². The lowest BCUT2D eigenvalue weighted by Crippen LogP contribution is -2.40. The molecule has 1 aromatic carbocycles. The van der Waals surface area contributed by atoms with E-state index in [4.69, 9.17) is 4.99 Å². The average molecular weight is 298 g/mol. The number of fused-ring (bicyclic) bond motifs is 1. The molecule has 0 saturated carbocycles. The van der Waals surface area contributed by atoms with Crippen molar-refractivity contribution in [2.24, 2.45) is 4.99 Å². The molecule has 2 N–H and O–H groups in total. The third kappa shape index (κ3) is 3.20. The Hall–Kier alpha value is -2.14. The zero-order valence-electron chi connectivity index (χ0n) is 12.9. The fourth-order valence-corrected chi connectivity index (χ4v) is 2.81. The Bertz CT molecular complexity index is 665. The Balaban J connectivity index is 1.83. The lowest BCUT2D eigenvalue weighted by Gasteiger charge is -2.21. The second-order valence-electron chi connectivity index (χ2n) is 5.55. The number of para-hydroxylation sites is 1. The van der Waals surface area contributed by atoms with Gasteiger partial charge in [0.25, 0.3) is 0 Å². The maximum Gasteiger partial charge on any atom is 0.194 e. The first-order chi connectivity index (χ1) is 10.8. The van der Waals surface area contributed by atoms with Crippen molar-refractivity contribution in [2.45, 2.75) is 26.0 Å². The van der Waals surface area contributed by atoms with Crippen LogP contribution in [0.5, 0.6) is 0 Å². The summed E-state index contributed by atoms with van der Waals surface area (Å²) < 4.78 is 0. The van der Waals surface area contributed by atoms with Gasteiger partial charge < -0.3 is 15.3 Å². The molecule has 22 heavy (non-hydrogen) atoms. The minimum Gasteiger partial charge on any atom is -0.391 e. The van der Waals surface area contributed by atoms with Crippen LogP contribution in [0.1, 0.15) is 18.9 Å². The van der Waals surface area contributed by atoms with E-state index in [1.54, 1.807) is 0 Å². The molecule has 5 heteroatoms. The number of hydrogen-bond acceptors (Lipinski definition) is 3. The monoisotopic (exact) mass is 298 g/mol. The molecule has 2 heterocycles. The van der Waals surface area contributed by atoms with Gasteiger partial charge in [0.1, 0.15) is 0 Å². The van der Waals surface area contributed by atoms with Gasteiger partial charge >= 0.3 is 0 Å². The lowest BCUT2D eigenvalue weighted by atomic mass is 10.1. The molecule has 0 aliphatic carbocycles. The van der Waals surface area contributed by atoms with E-state index in [2.05, 4.69) is 28.2 Å². The van der Waals surface area contributed by atoms with E-state index in [1.807, 2.05) is 30.5 Å². The van der Waals surface area contributed by atoms with Crippen LogP contribution < -0.4 is 5.32 Å². The Morgan fingerprint density at radius 1 is 1.41 bits per heavy atom. The summed E-state index contributed by atoms with van der Waals surface area (Å²) in [6.07, 6.45) is 2.40. The van der Waals surface area contributed by atoms with Gasteiger partial charge in [-0.3, -0.25) is 4.98 Å². The van der Waals surface area contributed by atoms with Gasteiger partial charge in [-0.2, -0.15) is 0 Å². The Morgan fingerprint density at radius 3 is 3.05 bits per heavy atom. The summed E-state index contributed by atoms with van der Waals surface area (Å²) in [5.41, 5.74) is 2.16. The van der Waals surface area contributed by atoms with Crippen LogP contribution in [0.15, 0.2) is 41.5 Å². The van der Waals surface area contributed by atoms with E-state index < -0.39 is 0 Å². The van der Waals surface area contributed by atoms with Crippen molar-refractivity contribution in [3.8, 4) is 0 Å². The van der Waals surface area contributed by atoms with Gasteiger partial charge in [-0.25, -0.2) is 4.99 Å². The summed E-state index contributed by atoms with van der Waals surface area (Å²) in [5, 5.41) is 14.2. The number of β-amino-alcohol motifs (C(OH)–C–C–N with tert-alkyl or cyclic N) is 1. The van der Waals surface area contributed by atoms with Crippen molar-refractivity contribution in [3.05, 3.63) is 42.1 Å². The lowest BCUT2D eigenvalue weighted by molar-refractivity contribution is 0.188. The molecule has 5 nitrogen and oxygen atoms in total. The minimum absolute atomic E-state index is 0.245. The highest BCUT2D eigenvalue weighted by atomic mass is 16.3. The second-order valence-corrected chi connectivity index (χ2v) is 5.55. The van der Waals surface area contributed by atoms with Gasteiger partial charge in [-0.15, -0.1) is 0 Å². The smallest absolute Gasteiger partial charge is 0.194 e. The number of nitrogens with one attached hydrogen (secondary N) is 1. The van der Waals surface area contributed by atoms with Crippen LogP contribution in [0, 0.1) is 0 Å². The molecule has 0 bridgehead atoms. The van der Waals surface area contributed by atoms with Crippen LogP contribution in [0.4, 0.5) is 0 Å². The summed E-state index contributed by atoms with van der Waals surface area (Å²) in [4.78, 5) is 11.3. The number of likely N-dealkylation sites (tertiary alicyclic amines) is 1. The molecule has 1 aliphatic heterocycles. The number of aliphatic hydroxyl groups excluding tert-OH is 1. The molecule has 0 unspecified atom stereocenters. The Kier molecular flexibility index (Phi) is 4.53. The summed E-state index contributed by atoms with van der Waals surface area (Å²) >= 11 is 0. The number of hydrogen-bond donors (Lipinski definition) is 2. The van der Waals surface area contributed by atoms with Crippen LogP contribution in [0.3, 0.4) is 0 Å². The van der Waals surface area contributed by atoms with Crippen molar-refractivity contribution in [3.63, 3.8) is 0 Å². The van der Waals surface area contributed by atoms with Crippen LogP contribution >= 0.6 is 0 Å². The first-order valence-corrected chi connectivity index (χ1v) is 7.82. The number of guanidine groups is 1. The molecule has 116 valence electrons. The largest absolute Gasteiger partial charge is 0.391 e. The number of benzene rings is 1. The summed E-state index contributed by atoms with van der Waals surface area (Å²) in [7, 11) is 0. The zero-order valence-corrected chi connectivity index (χ0v) is 12.9. The van der Waals surface area contributed by atoms with Crippen molar-refractivity contribution in [2.75, 3.05) is 19.6 Å². The van der Waals surface area contributed by atoms with E-state index >= 15 is 0 Å². The molecule has 3 rings (SSSR count). The number of aliphatic imine (C=N–C) groups is 1. The normalized spacial score (nSPS) is 18.9. The van der Waals surface area contributed by atoms with Gasteiger partial charge in [-0.05, 0) is 31.0 Å². The van der Waals surface area contributed by atoms with Gasteiger partial charge in [0.2, 0.25) is 0 Å². The maximum atomic E-state index is 9.71. The highest BCUT2D eigenvalue weighted by molar-refractivity contribution is 5.83. The molecule has 1 atom stereocenters. The third-order valence-electron chi connectivity index (χ3n) is 3.94.